The first-order chi connectivity index (χ1) is 10.1. The monoisotopic (exact) mass is 292 g/mol. The zero-order valence-electron chi connectivity index (χ0n) is 12.8. The maximum absolute atomic E-state index is 9.65. The van der Waals surface area contributed by atoms with Crippen LogP contribution in [0.3, 0.4) is 0 Å². The van der Waals surface area contributed by atoms with Gasteiger partial charge >= 0.3 is 0 Å². The van der Waals surface area contributed by atoms with Gasteiger partial charge in [0, 0.05) is 12.8 Å². The van der Waals surface area contributed by atoms with Crippen molar-refractivity contribution in [2.75, 3.05) is 13.7 Å². The van der Waals surface area contributed by atoms with Crippen LogP contribution in [0.1, 0.15) is 50.7 Å². The van der Waals surface area contributed by atoms with E-state index >= 15 is 0 Å². The van der Waals surface area contributed by atoms with Gasteiger partial charge in [-0.05, 0) is 43.9 Å². The van der Waals surface area contributed by atoms with Gasteiger partial charge in [0.2, 0.25) is 0 Å². The van der Waals surface area contributed by atoms with Crippen molar-refractivity contribution in [3.63, 3.8) is 0 Å². The Labute approximate surface area is 126 Å². The second-order valence-electron chi connectivity index (χ2n) is 6.20. The summed E-state index contributed by atoms with van der Waals surface area (Å²) in [5.74, 6) is 1.44. The zero-order valence-corrected chi connectivity index (χ0v) is 12.8. The van der Waals surface area contributed by atoms with Crippen LogP contribution in [0, 0.1) is 0 Å². The van der Waals surface area contributed by atoms with Gasteiger partial charge in [-0.3, -0.25) is 0 Å². The second kappa shape index (κ2) is 5.85. The first-order valence-corrected chi connectivity index (χ1v) is 7.78. The number of benzene rings is 1. The predicted molar refractivity (Wildman–Crippen MR) is 79.8 cm³/mol. The Morgan fingerprint density at radius 3 is 2.76 bits per heavy atom. The lowest BCUT2D eigenvalue weighted by atomic mass is 9.74. The largest absolute Gasteiger partial charge is 0.493 e. The quantitative estimate of drug-likeness (QED) is 0.925. The van der Waals surface area contributed by atoms with E-state index in [2.05, 4.69) is 0 Å². The van der Waals surface area contributed by atoms with E-state index in [1.54, 1.807) is 14.0 Å². The van der Waals surface area contributed by atoms with Crippen LogP contribution in [-0.4, -0.2) is 30.5 Å². The molecule has 4 heteroatoms. The van der Waals surface area contributed by atoms with E-state index in [-0.39, 0.29) is 11.7 Å². The van der Waals surface area contributed by atoms with Crippen LogP contribution in [0.15, 0.2) is 18.2 Å². The molecule has 1 saturated carbocycles. The van der Waals surface area contributed by atoms with E-state index in [0.29, 0.717) is 5.75 Å². The summed E-state index contributed by atoms with van der Waals surface area (Å²) in [6, 6.07) is 5.63. The molecule has 1 heterocycles. The zero-order chi connectivity index (χ0) is 14.9. The van der Waals surface area contributed by atoms with Gasteiger partial charge in [-0.1, -0.05) is 6.07 Å². The third-order valence-corrected chi connectivity index (χ3v) is 4.68. The number of hydrogen-bond acceptors (Lipinski definition) is 4. The van der Waals surface area contributed by atoms with Crippen LogP contribution in [0.5, 0.6) is 11.5 Å². The Bertz CT molecular complexity index is 494. The molecule has 1 aromatic rings. The van der Waals surface area contributed by atoms with Crippen LogP contribution in [-0.2, 0) is 4.74 Å². The molecule has 1 N–H and O–H groups in total. The van der Waals surface area contributed by atoms with Crippen LogP contribution in [0.4, 0.5) is 0 Å². The molecule has 0 aromatic heterocycles. The van der Waals surface area contributed by atoms with Gasteiger partial charge in [-0.15, -0.1) is 0 Å². The molecule has 116 valence electrons. The summed E-state index contributed by atoms with van der Waals surface area (Å²) in [7, 11) is 1.63. The highest BCUT2D eigenvalue weighted by Crippen LogP contribution is 2.43. The van der Waals surface area contributed by atoms with E-state index < -0.39 is 6.10 Å². The van der Waals surface area contributed by atoms with Gasteiger partial charge in [0.1, 0.15) is 6.10 Å². The molecule has 1 aliphatic carbocycles. The molecule has 2 fully saturated rings. The standard InChI is InChI=1S/C17H24O4/c1-12(18)13-4-5-15(16(10-13)19-2)21-14-6-9-20-17(11-14)7-3-8-17/h4-5,10,12,14,18H,3,6-9,11H2,1-2H3. The summed E-state index contributed by atoms with van der Waals surface area (Å²) in [6.45, 7) is 2.52. The molecule has 0 radical (unpaired) electrons. The highest BCUT2D eigenvalue weighted by molar-refractivity contribution is 5.43. The molecule has 3 rings (SSSR count). The third-order valence-electron chi connectivity index (χ3n) is 4.68. The average Bonchev–Trinajstić information content (AvgIpc) is 2.46. The maximum Gasteiger partial charge on any atom is 0.161 e. The van der Waals surface area contributed by atoms with Gasteiger partial charge in [0.15, 0.2) is 11.5 Å². The van der Waals surface area contributed by atoms with Crippen molar-refractivity contribution in [3.8, 4) is 11.5 Å². The number of ether oxygens (including phenoxy) is 3. The van der Waals surface area contributed by atoms with Crippen LogP contribution in [0.25, 0.3) is 0 Å². The smallest absolute Gasteiger partial charge is 0.161 e. The Balaban J connectivity index is 1.72. The van der Waals surface area contributed by atoms with Crippen LogP contribution in [0.2, 0.25) is 0 Å². The average molecular weight is 292 g/mol. The molecule has 2 unspecified atom stereocenters. The van der Waals surface area contributed by atoms with Gasteiger partial charge in [0.05, 0.1) is 25.4 Å². The van der Waals surface area contributed by atoms with Crippen LogP contribution < -0.4 is 9.47 Å². The number of hydrogen-bond donors (Lipinski definition) is 1. The Morgan fingerprint density at radius 1 is 1.33 bits per heavy atom. The highest BCUT2D eigenvalue weighted by Gasteiger charge is 2.43. The SMILES string of the molecule is COc1cc(C(C)O)ccc1OC1CCOC2(CCC2)C1. The third kappa shape index (κ3) is 3.01. The minimum atomic E-state index is -0.505. The van der Waals surface area contributed by atoms with Gasteiger partial charge in [-0.2, -0.15) is 0 Å². The lowest BCUT2D eigenvalue weighted by Gasteiger charge is -2.46. The van der Waals surface area contributed by atoms with Gasteiger partial charge < -0.3 is 19.3 Å². The van der Waals surface area contributed by atoms with E-state index in [4.69, 9.17) is 14.2 Å². The van der Waals surface area contributed by atoms with E-state index in [9.17, 15) is 5.11 Å². The molecule has 21 heavy (non-hydrogen) atoms. The molecule has 2 aliphatic rings. The molecule has 1 aliphatic heterocycles. The molecule has 4 nitrogen and oxygen atoms in total. The molecule has 1 aromatic carbocycles. The molecular weight excluding hydrogens is 268 g/mol. The fourth-order valence-electron chi connectivity index (χ4n) is 3.22. The fourth-order valence-corrected chi connectivity index (χ4v) is 3.22. The summed E-state index contributed by atoms with van der Waals surface area (Å²) in [5.41, 5.74) is 0.914. The lowest BCUT2D eigenvalue weighted by molar-refractivity contribution is -0.153. The first kappa shape index (κ1) is 14.7. The fraction of sp³-hybridized carbons (Fsp3) is 0.647. The summed E-state index contributed by atoms with van der Waals surface area (Å²) >= 11 is 0. The lowest BCUT2D eigenvalue weighted by Crippen LogP contribution is -2.48. The Hall–Kier alpha value is -1.26. The second-order valence-corrected chi connectivity index (χ2v) is 6.20. The molecule has 1 spiro atoms. The predicted octanol–water partition coefficient (Wildman–Crippen LogP) is 3.23. The normalized spacial score (nSPS) is 25.2. The van der Waals surface area contributed by atoms with E-state index in [1.807, 2.05) is 18.2 Å². The molecule has 1 saturated heterocycles. The summed E-state index contributed by atoms with van der Waals surface area (Å²) < 4.78 is 17.5. The minimum Gasteiger partial charge on any atom is -0.493 e. The van der Waals surface area contributed by atoms with Crippen LogP contribution >= 0.6 is 0 Å². The number of rotatable bonds is 4. The highest BCUT2D eigenvalue weighted by atomic mass is 16.5. The Kier molecular flexibility index (Phi) is 4.09. The van der Waals surface area contributed by atoms with E-state index in [0.717, 1.165) is 43.6 Å². The summed E-state index contributed by atoms with van der Waals surface area (Å²) in [4.78, 5) is 0. The first-order valence-electron chi connectivity index (χ1n) is 7.78. The van der Waals surface area contributed by atoms with Gasteiger partial charge in [0.25, 0.3) is 0 Å². The molecule has 2 atom stereocenters. The van der Waals surface area contributed by atoms with Crippen molar-refractivity contribution in [1.29, 1.82) is 0 Å². The summed E-state index contributed by atoms with van der Waals surface area (Å²) in [6.07, 6.45) is 5.14. The number of aliphatic hydroxyl groups excluding tert-OH is 1. The Morgan fingerprint density at radius 2 is 2.14 bits per heavy atom. The molecule has 0 amide bonds. The van der Waals surface area contributed by atoms with E-state index in [1.165, 1.54) is 6.42 Å². The minimum absolute atomic E-state index is 0.0791. The molecule has 0 bridgehead atoms. The van der Waals surface area contributed by atoms with Crippen molar-refractivity contribution in [3.05, 3.63) is 23.8 Å². The van der Waals surface area contributed by atoms with Crippen molar-refractivity contribution in [2.24, 2.45) is 0 Å². The topological polar surface area (TPSA) is 47.9 Å². The van der Waals surface area contributed by atoms with Gasteiger partial charge in [-0.25, -0.2) is 0 Å². The van der Waals surface area contributed by atoms with Crippen molar-refractivity contribution < 1.29 is 19.3 Å². The maximum atomic E-state index is 9.65. The number of aliphatic hydroxyl groups is 1. The van der Waals surface area contributed by atoms with Crippen molar-refractivity contribution in [2.45, 2.75) is 56.8 Å². The van der Waals surface area contributed by atoms with Crippen molar-refractivity contribution in [1.82, 2.24) is 0 Å². The molecular formula is C17H24O4. The van der Waals surface area contributed by atoms with Crippen molar-refractivity contribution >= 4 is 0 Å². The number of methoxy groups -OCH3 is 1. The summed E-state index contributed by atoms with van der Waals surface area (Å²) in [5, 5.41) is 9.65.